The maximum Gasteiger partial charge on any atom is 0.186 e. The van der Waals surface area contributed by atoms with E-state index in [1.807, 2.05) is 64.1 Å². The fourth-order valence-corrected chi connectivity index (χ4v) is 11.3. The molecule has 0 saturated carbocycles. The third-order valence-corrected chi connectivity index (χ3v) is 13.5. The van der Waals surface area contributed by atoms with Gasteiger partial charge in [0.05, 0.1) is 25.4 Å². The molecule has 1 aliphatic heterocycles. The Kier molecular flexibility index (Phi) is 12.7. The first-order valence-corrected chi connectivity index (χ1v) is 19.7. The van der Waals surface area contributed by atoms with Crippen molar-refractivity contribution in [2.45, 2.75) is 83.8 Å². The van der Waals surface area contributed by atoms with E-state index in [0.717, 1.165) is 11.1 Å². The highest BCUT2D eigenvalue weighted by molar-refractivity contribution is 7.95. The molecule has 6 rings (SSSR count). The van der Waals surface area contributed by atoms with Gasteiger partial charge in [-0.05, 0) is 75.2 Å². The van der Waals surface area contributed by atoms with E-state index >= 15 is 0 Å². The van der Waals surface area contributed by atoms with Crippen molar-refractivity contribution in [3.05, 3.63) is 163 Å². The van der Waals surface area contributed by atoms with Crippen molar-refractivity contribution in [2.24, 2.45) is 0 Å². The van der Waals surface area contributed by atoms with E-state index in [1.54, 1.807) is 0 Å². The number of benzene rings is 5. The molecule has 5 aromatic carbocycles. The zero-order valence-corrected chi connectivity index (χ0v) is 30.5. The molecular formula is C44H50O5P+. The van der Waals surface area contributed by atoms with Crippen LogP contribution in [0.2, 0.25) is 0 Å². The monoisotopic (exact) mass is 689 g/mol. The lowest BCUT2D eigenvalue weighted by Crippen LogP contribution is -2.46. The molecular weight excluding hydrogens is 639 g/mol. The molecule has 6 heteroatoms. The van der Waals surface area contributed by atoms with Gasteiger partial charge in [0.2, 0.25) is 0 Å². The van der Waals surface area contributed by atoms with E-state index in [1.165, 1.54) is 15.9 Å². The van der Waals surface area contributed by atoms with Crippen molar-refractivity contribution in [1.82, 2.24) is 0 Å². The van der Waals surface area contributed by atoms with Crippen molar-refractivity contribution in [2.75, 3.05) is 6.16 Å². The standard InChI is InChI=1S/C44H50O5P/c1-33(2)47-44(48-34(3)4)43-42(46-31-36-22-12-6-13-23-36)41(45-30-35-20-10-5-11-21-35)40(49-43)32-50(37-24-14-7-15-25-37,38-26-16-8-17-27-38)39-28-18-9-19-29-39/h5-29,33-34,40-44H,30-32H2,1-4H3/q+1/t40-,41-,42+,43+/m1/s1. The van der Waals surface area contributed by atoms with E-state index in [2.05, 4.69) is 115 Å². The second kappa shape index (κ2) is 17.5. The summed E-state index contributed by atoms with van der Waals surface area (Å²) >= 11 is 0. The fourth-order valence-electron chi connectivity index (χ4n) is 6.85. The third kappa shape index (κ3) is 8.79. The van der Waals surface area contributed by atoms with Gasteiger partial charge >= 0.3 is 0 Å². The predicted octanol–water partition coefficient (Wildman–Crippen LogP) is 8.09. The summed E-state index contributed by atoms with van der Waals surface area (Å²) < 4.78 is 34.2. The molecule has 1 saturated heterocycles. The topological polar surface area (TPSA) is 46.2 Å². The zero-order valence-electron chi connectivity index (χ0n) is 29.6. The number of hydrogen-bond donors (Lipinski definition) is 0. The lowest BCUT2D eigenvalue weighted by Gasteiger charge is -2.32. The predicted molar refractivity (Wildman–Crippen MR) is 205 cm³/mol. The van der Waals surface area contributed by atoms with Crippen LogP contribution in [0.5, 0.6) is 0 Å². The van der Waals surface area contributed by atoms with E-state index in [0.29, 0.717) is 19.4 Å². The molecule has 0 spiro atoms. The first-order valence-electron chi connectivity index (χ1n) is 17.8. The molecule has 1 fully saturated rings. The van der Waals surface area contributed by atoms with Gasteiger partial charge in [0, 0.05) is 0 Å². The minimum Gasteiger partial charge on any atom is -0.368 e. The van der Waals surface area contributed by atoms with Gasteiger partial charge < -0.3 is 23.7 Å². The van der Waals surface area contributed by atoms with Crippen LogP contribution in [-0.4, -0.2) is 49.1 Å². The molecule has 0 bridgehead atoms. The van der Waals surface area contributed by atoms with Crippen LogP contribution < -0.4 is 15.9 Å². The normalized spacial score (nSPS) is 19.4. The van der Waals surface area contributed by atoms with Gasteiger partial charge in [0.15, 0.2) is 6.29 Å². The number of hydrogen-bond acceptors (Lipinski definition) is 5. The van der Waals surface area contributed by atoms with Gasteiger partial charge in [-0.3, -0.25) is 0 Å². The molecule has 0 amide bonds. The fraction of sp³-hybridized carbons (Fsp3) is 0.318. The number of rotatable bonds is 16. The molecule has 0 aliphatic carbocycles. The van der Waals surface area contributed by atoms with Crippen molar-refractivity contribution < 1.29 is 23.7 Å². The molecule has 5 nitrogen and oxygen atoms in total. The van der Waals surface area contributed by atoms with Crippen LogP contribution >= 0.6 is 7.26 Å². The van der Waals surface area contributed by atoms with Crippen LogP contribution in [0.1, 0.15) is 38.8 Å². The highest BCUT2D eigenvalue weighted by Gasteiger charge is 2.57. The lowest BCUT2D eigenvalue weighted by atomic mass is 10.1. The van der Waals surface area contributed by atoms with Gasteiger partial charge in [-0.15, -0.1) is 0 Å². The first kappa shape index (κ1) is 36.1. The third-order valence-electron chi connectivity index (χ3n) is 9.04. The molecule has 5 aromatic rings. The summed E-state index contributed by atoms with van der Waals surface area (Å²) in [6.07, 6.45) is -1.84. The Labute approximate surface area is 298 Å². The van der Waals surface area contributed by atoms with E-state index < -0.39 is 31.9 Å². The SMILES string of the molecule is CC(C)OC(OC(C)C)[C@H]1O[C@H](C[P+](c2ccccc2)(c2ccccc2)c2ccccc2)[C@@H](OCc2ccccc2)[C@@H]1OCc1ccccc1. The highest BCUT2D eigenvalue weighted by atomic mass is 31.2. The molecule has 1 aliphatic rings. The minimum absolute atomic E-state index is 0.0793. The molecule has 0 N–H and O–H groups in total. The summed E-state index contributed by atoms with van der Waals surface area (Å²) in [5, 5.41) is 3.88. The Hall–Kier alpha value is -3.67. The van der Waals surface area contributed by atoms with Crippen molar-refractivity contribution in [1.29, 1.82) is 0 Å². The van der Waals surface area contributed by atoms with Crippen LogP contribution in [-0.2, 0) is 36.9 Å². The zero-order chi connectivity index (χ0) is 34.8. The van der Waals surface area contributed by atoms with Crippen LogP contribution in [0.25, 0.3) is 0 Å². The Morgan fingerprint density at radius 3 is 1.24 bits per heavy atom. The lowest BCUT2D eigenvalue weighted by molar-refractivity contribution is -0.246. The van der Waals surface area contributed by atoms with Crippen molar-refractivity contribution >= 4 is 23.2 Å². The molecule has 0 unspecified atom stereocenters. The smallest absolute Gasteiger partial charge is 0.186 e. The minimum atomic E-state index is -2.29. The molecule has 260 valence electrons. The molecule has 0 aromatic heterocycles. The van der Waals surface area contributed by atoms with Crippen LogP contribution in [0.3, 0.4) is 0 Å². The van der Waals surface area contributed by atoms with Gasteiger partial charge in [-0.25, -0.2) is 0 Å². The maximum atomic E-state index is 7.28. The average Bonchev–Trinajstić information content (AvgIpc) is 3.49. The summed E-state index contributed by atoms with van der Waals surface area (Å²) in [6.45, 7) is 8.96. The van der Waals surface area contributed by atoms with Crippen LogP contribution in [0.15, 0.2) is 152 Å². The summed E-state index contributed by atoms with van der Waals surface area (Å²) in [6, 6.07) is 53.4. The van der Waals surface area contributed by atoms with Crippen LogP contribution in [0, 0.1) is 0 Å². The Balaban J connectivity index is 1.48. The van der Waals surface area contributed by atoms with Crippen LogP contribution in [0.4, 0.5) is 0 Å². The molecule has 4 atom stereocenters. The van der Waals surface area contributed by atoms with Gasteiger partial charge in [0.25, 0.3) is 0 Å². The van der Waals surface area contributed by atoms with E-state index in [9.17, 15) is 0 Å². The van der Waals surface area contributed by atoms with E-state index in [4.69, 9.17) is 23.7 Å². The quantitative estimate of drug-likeness (QED) is 0.0775. The Morgan fingerprint density at radius 2 is 0.860 bits per heavy atom. The molecule has 50 heavy (non-hydrogen) atoms. The molecule has 1 heterocycles. The second-order valence-corrected chi connectivity index (χ2v) is 16.9. The maximum absolute atomic E-state index is 7.28. The van der Waals surface area contributed by atoms with Gasteiger partial charge in [-0.1, -0.05) is 115 Å². The summed E-state index contributed by atoms with van der Waals surface area (Å²) in [4.78, 5) is 0. The Morgan fingerprint density at radius 1 is 0.500 bits per heavy atom. The van der Waals surface area contributed by atoms with E-state index in [-0.39, 0.29) is 18.3 Å². The average molecular weight is 690 g/mol. The van der Waals surface area contributed by atoms with Gasteiger partial charge in [0.1, 0.15) is 53.8 Å². The highest BCUT2D eigenvalue weighted by Crippen LogP contribution is 2.57. The summed E-state index contributed by atoms with van der Waals surface area (Å²) in [5.41, 5.74) is 2.18. The summed E-state index contributed by atoms with van der Waals surface area (Å²) in [5.74, 6) is 0. The van der Waals surface area contributed by atoms with Crippen molar-refractivity contribution in [3.63, 3.8) is 0 Å². The largest absolute Gasteiger partial charge is 0.368 e. The summed E-state index contributed by atoms with van der Waals surface area (Å²) in [7, 11) is -2.29. The Bertz CT molecular complexity index is 1580. The van der Waals surface area contributed by atoms with Gasteiger partial charge in [-0.2, -0.15) is 0 Å². The second-order valence-electron chi connectivity index (χ2n) is 13.4. The first-order chi connectivity index (χ1) is 24.4. The van der Waals surface area contributed by atoms with Crippen molar-refractivity contribution in [3.8, 4) is 0 Å². The number of ether oxygens (including phenoxy) is 5. The molecule has 0 radical (unpaired) electrons.